The van der Waals surface area contributed by atoms with E-state index in [2.05, 4.69) is 14.8 Å². The molecule has 0 radical (unpaired) electrons. The lowest BCUT2D eigenvalue weighted by atomic mass is 10.1. The lowest BCUT2D eigenvalue weighted by Gasteiger charge is -2.14. The van der Waals surface area contributed by atoms with E-state index < -0.39 is 10.0 Å². The van der Waals surface area contributed by atoms with E-state index in [0.717, 1.165) is 11.3 Å². The molecule has 2 aromatic rings. The van der Waals surface area contributed by atoms with E-state index in [9.17, 15) is 8.42 Å². The van der Waals surface area contributed by atoms with Crippen LogP contribution in [0, 0.1) is 0 Å². The van der Waals surface area contributed by atoms with Gasteiger partial charge in [0.2, 0.25) is 10.0 Å². The molecule has 1 atom stereocenters. The fourth-order valence-corrected chi connectivity index (χ4v) is 2.54. The number of hydrogen-bond acceptors (Lipinski definition) is 4. The summed E-state index contributed by atoms with van der Waals surface area (Å²) in [4.78, 5) is 3.89. The maximum atomic E-state index is 11.6. The molecule has 0 aliphatic carbocycles. The van der Waals surface area contributed by atoms with Gasteiger partial charge in [-0.05, 0) is 31.5 Å². The van der Waals surface area contributed by atoms with Crippen LogP contribution in [0.2, 0.25) is 0 Å². The van der Waals surface area contributed by atoms with Crippen molar-refractivity contribution >= 4 is 10.0 Å². The zero-order valence-corrected chi connectivity index (χ0v) is 11.6. The Morgan fingerprint density at radius 3 is 2.84 bits per heavy atom. The van der Waals surface area contributed by atoms with Crippen molar-refractivity contribution in [2.24, 2.45) is 0 Å². The van der Waals surface area contributed by atoms with Crippen LogP contribution in [0.15, 0.2) is 36.9 Å². The Morgan fingerprint density at radius 2 is 2.21 bits per heavy atom. The average Bonchev–Trinajstić information content (AvgIpc) is 2.92. The van der Waals surface area contributed by atoms with Crippen LogP contribution >= 0.6 is 0 Å². The van der Waals surface area contributed by atoms with E-state index in [1.807, 2.05) is 31.2 Å². The van der Waals surface area contributed by atoms with Crippen LogP contribution in [0.1, 0.15) is 25.5 Å². The molecule has 1 aromatic carbocycles. The van der Waals surface area contributed by atoms with E-state index in [1.165, 1.54) is 6.33 Å². The number of rotatable bonds is 5. The summed E-state index contributed by atoms with van der Waals surface area (Å²) >= 11 is 0. The molecule has 0 saturated carbocycles. The smallest absolute Gasteiger partial charge is 0.211 e. The number of hydrogen-bond donors (Lipinski definition) is 1. The summed E-state index contributed by atoms with van der Waals surface area (Å²) < 4.78 is 27.4. The first kappa shape index (κ1) is 13.7. The zero-order valence-electron chi connectivity index (χ0n) is 10.8. The zero-order chi connectivity index (χ0) is 13.9. The average molecular weight is 280 g/mol. The second-order valence-electron chi connectivity index (χ2n) is 4.18. The van der Waals surface area contributed by atoms with Crippen LogP contribution in [0.25, 0.3) is 5.69 Å². The summed E-state index contributed by atoms with van der Waals surface area (Å²) in [5, 5.41) is 4.04. The van der Waals surface area contributed by atoms with E-state index in [1.54, 1.807) is 17.9 Å². The van der Waals surface area contributed by atoms with Gasteiger partial charge in [-0.25, -0.2) is 22.8 Å². The van der Waals surface area contributed by atoms with Gasteiger partial charge < -0.3 is 0 Å². The van der Waals surface area contributed by atoms with Gasteiger partial charge in [-0.1, -0.05) is 12.1 Å². The monoisotopic (exact) mass is 280 g/mol. The topological polar surface area (TPSA) is 76.9 Å². The van der Waals surface area contributed by atoms with Gasteiger partial charge in [0.05, 0.1) is 11.4 Å². The first-order chi connectivity index (χ1) is 9.02. The molecular formula is C12H16N4O2S. The molecule has 0 fully saturated rings. The molecular weight excluding hydrogens is 264 g/mol. The normalized spacial score (nSPS) is 13.4. The molecule has 1 heterocycles. The molecule has 1 N–H and O–H groups in total. The predicted octanol–water partition coefficient (Wildman–Crippen LogP) is 1.27. The molecule has 6 nitrogen and oxygen atoms in total. The summed E-state index contributed by atoms with van der Waals surface area (Å²) in [6.45, 7) is 3.43. The van der Waals surface area contributed by atoms with Gasteiger partial charge in [-0.2, -0.15) is 5.10 Å². The first-order valence-electron chi connectivity index (χ1n) is 5.97. The van der Waals surface area contributed by atoms with Crippen LogP contribution < -0.4 is 4.72 Å². The maximum Gasteiger partial charge on any atom is 0.211 e. The van der Waals surface area contributed by atoms with Crippen molar-refractivity contribution in [2.45, 2.75) is 19.9 Å². The summed E-state index contributed by atoms with van der Waals surface area (Å²) in [5.41, 5.74) is 1.72. The number of aromatic nitrogens is 3. The Bertz CT molecular complexity index is 638. The number of sulfonamides is 1. The van der Waals surface area contributed by atoms with Gasteiger partial charge in [0.15, 0.2) is 0 Å². The highest BCUT2D eigenvalue weighted by molar-refractivity contribution is 7.89. The molecule has 0 bridgehead atoms. The van der Waals surface area contributed by atoms with E-state index in [0.29, 0.717) is 0 Å². The van der Waals surface area contributed by atoms with E-state index >= 15 is 0 Å². The lowest BCUT2D eigenvalue weighted by Crippen LogP contribution is -2.28. The molecule has 0 spiro atoms. The van der Waals surface area contributed by atoms with Crippen LogP contribution in [-0.2, 0) is 10.0 Å². The van der Waals surface area contributed by atoms with Crippen molar-refractivity contribution in [2.75, 3.05) is 5.75 Å². The molecule has 2 rings (SSSR count). The molecule has 0 unspecified atom stereocenters. The molecule has 102 valence electrons. The minimum Gasteiger partial charge on any atom is -0.223 e. The lowest BCUT2D eigenvalue weighted by molar-refractivity contribution is 0.568. The van der Waals surface area contributed by atoms with Gasteiger partial charge in [0.1, 0.15) is 12.7 Å². The SMILES string of the molecule is CCS(=O)(=O)N[C@@H](C)c1cccc(-n2cncn2)c1. The second kappa shape index (κ2) is 5.50. The number of benzene rings is 1. The molecule has 19 heavy (non-hydrogen) atoms. The van der Waals surface area contributed by atoms with Crippen molar-refractivity contribution < 1.29 is 8.42 Å². The van der Waals surface area contributed by atoms with Crippen LogP contribution in [-0.4, -0.2) is 28.9 Å². The molecule has 0 aliphatic heterocycles. The first-order valence-corrected chi connectivity index (χ1v) is 7.62. The Kier molecular flexibility index (Phi) is 3.96. The number of nitrogens with zero attached hydrogens (tertiary/aromatic N) is 3. The second-order valence-corrected chi connectivity index (χ2v) is 6.22. The van der Waals surface area contributed by atoms with Crippen molar-refractivity contribution in [3.05, 3.63) is 42.5 Å². The van der Waals surface area contributed by atoms with Crippen molar-refractivity contribution in [1.82, 2.24) is 19.5 Å². The summed E-state index contributed by atoms with van der Waals surface area (Å²) in [6.07, 6.45) is 3.05. The fourth-order valence-electron chi connectivity index (χ4n) is 1.70. The maximum absolute atomic E-state index is 11.6. The highest BCUT2D eigenvalue weighted by Crippen LogP contribution is 2.17. The van der Waals surface area contributed by atoms with Gasteiger partial charge >= 0.3 is 0 Å². The van der Waals surface area contributed by atoms with Gasteiger partial charge in [0, 0.05) is 6.04 Å². The van der Waals surface area contributed by atoms with Gasteiger partial charge in [-0.15, -0.1) is 0 Å². The third-order valence-electron chi connectivity index (χ3n) is 2.79. The largest absolute Gasteiger partial charge is 0.223 e. The van der Waals surface area contributed by atoms with Crippen molar-refractivity contribution in [3.63, 3.8) is 0 Å². The van der Waals surface area contributed by atoms with Crippen molar-refractivity contribution in [1.29, 1.82) is 0 Å². The van der Waals surface area contributed by atoms with Crippen LogP contribution in [0.5, 0.6) is 0 Å². The quantitative estimate of drug-likeness (QED) is 0.894. The highest BCUT2D eigenvalue weighted by atomic mass is 32.2. The molecule has 0 aliphatic rings. The Balaban J connectivity index is 2.24. The Hall–Kier alpha value is -1.73. The Morgan fingerprint density at radius 1 is 1.42 bits per heavy atom. The fraction of sp³-hybridized carbons (Fsp3) is 0.333. The van der Waals surface area contributed by atoms with Crippen LogP contribution in [0.3, 0.4) is 0 Å². The van der Waals surface area contributed by atoms with Gasteiger partial charge in [-0.3, -0.25) is 0 Å². The minimum atomic E-state index is -3.22. The summed E-state index contributed by atoms with van der Waals surface area (Å²) in [6, 6.07) is 7.23. The van der Waals surface area contributed by atoms with Crippen molar-refractivity contribution in [3.8, 4) is 5.69 Å². The third-order valence-corrected chi connectivity index (χ3v) is 4.26. The minimum absolute atomic E-state index is 0.0696. The number of nitrogens with one attached hydrogen (secondary N) is 1. The van der Waals surface area contributed by atoms with Gasteiger partial charge in [0.25, 0.3) is 0 Å². The highest BCUT2D eigenvalue weighted by Gasteiger charge is 2.14. The summed E-state index contributed by atoms with van der Waals surface area (Å²) in [7, 11) is -3.22. The van der Waals surface area contributed by atoms with E-state index in [-0.39, 0.29) is 11.8 Å². The summed E-state index contributed by atoms with van der Waals surface area (Å²) in [5.74, 6) is 0.0696. The molecule has 0 saturated heterocycles. The van der Waals surface area contributed by atoms with E-state index in [4.69, 9.17) is 0 Å². The standard InChI is InChI=1S/C12H16N4O2S/c1-3-19(17,18)15-10(2)11-5-4-6-12(7-11)16-9-13-8-14-16/h4-10,15H,3H2,1-2H3/t10-/m0/s1. The predicted molar refractivity (Wildman–Crippen MR) is 72.4 cm³/mol. The molecule has 1 aromatic heterocycles. The third kappa shape index (κ3) is 3.39. The van der Waals surface area contributed by atoms with Crippen LogP contribution in [0.4, 0.5) is 0 Å². The molecule has 0 amide bonds. The molecule has 7 heteroatoms. The Labute approximate surface area is 112 Å².